The zero-order chi connectivity index (χ0) is 17.3. The summed E-state index contributed by atoms with van der Waals surface area (Å²) in [5, 5.41) is 2.94. The third-order valence-corrected chi connectivity index (χ3v) is 4.28. The van der Waals surface area contributed by atoms with E-state index in [0.717, 1.165) is 11.4 Å². The lowest BCUT2D eigenvalue weighted by atomic mass is 10.1. The maximum absolute atomic E-state index is 11.0. The van der Waals surface area contributed by atoms with Crippen molar-refractivity contribution >= 4 is 37.1 Å². The first kappa shape index (κ1) is 16.7. The van der Waals surface area contributed by atoms with Crippen molar-refractivity contribution in [2.45, 2.75) is 12.0 Å². The molecule has 0 aliphatic carbocycles. The van der Waals surface area contributed by atoms with Crippen molar-refractivity contribution in [2.75, 3.05) is 5.32 Å². The van der Waals surface area contributed by atoms with Crippen LogP contribution in [0.25, 0.3) is 6.08 Å². The lowest BCUT2D eigenvalue weighted by Crippen LogP contribution is -2.28. The second-order valence-corrected chi connectivity index (χ2v) is 7.07. The number of benzene rings is 1. The Morgan fingerprint density at radius 3 is 2.92 bits per heavy atom. The smallest absolute Gasteiger partial charge is 0.349 e. The van der Waals surface area contributed by atoms with E-state index in [4.69, 9.17) is 27.1 Å². The van der Waals surface area contributed by atoms with Crippen LogP contribution in [-0.4, -0.2) is 25.3 Å². The van der Waals surface area contributed by atoms with Crippen LogP contribution in [0, 0.1) is 0 Å². The van der Waals surface area contributed by atoms with Crippen LogP contribution in [0.4, 0.5) is 5.82 Å². The number of guanidine groups is 1. The first-order valence-electron chi connectivity index (χ1n) is 6.95. The molecule has 1 aromatic heterocycles. The third-order valence-electron chi connectivity index (χ3n) is 3.43. The highest BCUT2D eigenvalue weighted by atomic mass is 35.5. The molecule has 0 fully saturated rings. The van der Waals surface area contributed by atoms with Crippen molar-refractivity contribution in [3.8, 4) is 0 Å². The molecular weight excluding hydrogens is 353 g/mol. The molecule has 1 aliphatic heterocycles. The van der Waals surface area contributed by atoms with Crippen molar-refractivity contribution < 1.29 is 14.4 Å². The van der Waals surface area contributed by atoms with E-state index < -0.39 is 13.1 Å². The molecule has 0 bridgehead atoms. The van der Waals surface area contributed by atoms with E-state index >= 15 is 0 Å². The van der Waals surface area contributed by atoms with Crippen molar-refractivity contribution in [3.63, 3.8) is 0 Å². The molecule has 1 aliphatic rings. The Balaban J connectivity index is 1.92. The molecule has 1 unspecified atom stereocenters. The van der Waals surface area contributed by atoms with Crippen LogP contribution in [0.5, 0.6) is 0 Å². The standard InChI is InChI=1S/C14H15ClN5O3P/c15-12-11-13(19-14(16)18-12)20(8-17-11)7-10-4-2-1-3-9(10)5-6-24(21,22)23/h1-6,8,12H,7H2,(H3,16,18,19)(H2,21,22,23)/b6-5+. The summed E-state index contributed by atoms with van der Waals surface area (Å²) in [5.41, 5.74) is 7.19. The number of imidazole rings is 1. The van der Waals surface area contributed by atoms with Gasteiger partial charge in [0, 0.05) is 5.82 Å². The topological polar surface area (TPSA) is 126 Å². The zero-order valence-electron chi connectivity index (χ0n) is 12.4. The maximum Gasteiger partial charge on any atom is 0.349 e. The van der Waals surface area contributed by atoms with Crippen LogP contribution in [-0.2, 0) is 11.1 Å². The highest BCUT2D eigenvalue weighted by Crippen LogP contribution is 2.37. The molecule has 2 heterocycles. The Kier molecular flexibility index (Phi) is 4.47. The van der Waals surface area contributed by atoms with Gasteiger partial charge in [0.1, 0.15) is 11.5 Å². The first-order chi connectivity index (χ1) is 11.3. The van der Waals surface area contributed by atoms with Gasteiger partial charge in [-0.05, 0) is 17.2 Å². The predicted molar refractivity (Wildman–Crippen MR) is 92.7 cm³/mol. The molecule has 126 valence electrons. The monoisotopic (exact) mass is 367 g/mol. The van der Waals surface area contributed by atoms with Crippen LogP contribution in [0.3, 0.4) is 0 Å². The molecule has 10 heteroatoms. The normalized spacial score (nSPS) is 17.5. The van der Waals surface area contributed by atoms with Gasteiger partial charge in [-0.1, -0.05) is 35.9 Å². The van der Waals surface area contributed by atoms with Gasteiger partial charge >= 0.3 is 7.60 Å². The van der Waals surface area contributed by atoms with Crippen molar-refractivity contribution in [3.05, 3.63) is 53.2 Å². The summed E-state index contributed by atoms with van der Waals surface area (Å²) < 4.78 is 12.9. The highest BCUT2D eigenvalue weighted by molar-refractivity contribution is 7.55. The molecule has 0 radical (unpaired) electrons. The Hall–Kier alpha value is -2.12. The number of rotatable bonds is 4. The zero-order valence-corrected chi connectivity index (χ0v) is 14.0. The van der Waals surface area contributed by atoms with Crippen molar-refractivity contribution in [2.24, 2.45) is 10.7 Å². The average molecular weight is 368 g/mol. The number of hydrogen-bond acceptors (Lipinski definition) is 5. The number of nitrogens with two attached hydrogens (primary N) is 1. The van der Waals surface area contributed by atoms with Crippen molar-refractivity contribution in [1.82, 2.24) is 9.55 Å². The lowest BCUT2D eigenvalue weighted by molar-refractivity contribution is 0.386. The van der Waals surface area contributed by atoms with Crippen LogP contribution in [0.1, 0.15) is 22.3 Å². The van der Waals surface area contributed by atoms with Crippen LogP contribution in [0.2, 0.25) is 0 Å². The van der Waals surface area contributed by atoms with Gasteiger partial charge in [-0.15, -0.1) is 0 Å². The van der Waals surface area contributed by atoms with Crippen LogP contribution >= 0.6 is 19.2 Å². The largest absolute Gasteiger partial charge is 0.370 e. The summed E-state index contributed by atoms with van der Waals surface area (Å²) in [4.78, 5) is 26.2. The molecular formula is C14H15ClN5O3P. The molecule has 0 amide bonds. The number of anilines is 1. The SMILES string of the molecule is NC1=NC(Cl)c2ncn(Cc3ccccc3/C=C/P(=O)(O)O)c2N1. The number of aliphatic imine (C=N–C) groups is 1. The van der Waals surface area contributed by atoms with E-state index in [2.05, 4.69) is 15.3 Å². The number of hydrogen-bond donors (Lipinski definition) is 4. The molecule has 0 spiro atoms. The number of nitrogens with zero attached hydrogens (tertiary/aromatic N) is 3. The number of nitrogens with one attached hydrogen (secondary N) is 1. The number of aromatic nitrogens is 2. The second kappa shape index (κ2) is 6.41. The summed E-state index contributed by atoms with van der Waals surface area (Å²) in [7, 11) is -4.22. The fraction of sp³-hybridized carbons (Fsp3) is 0.143. The number of fused-ring (bicyclic) bond motifs is 1. The third kappa shape index (κ3) is 3.68. The minimum Gasteiger partial charge on any atom is -0.370 e. The molecule has 8 nitrogen and oxygen atoms in total. The Labute approximate surface area is 142 Å². The lowest BCUT2D eigenvalue weighted by Gasteiger charge is -2.18. The predicted octanol–water partition coefficient (Wildman–Crippen LogP) is 2.06. The molecule has 0 saturated heterocycles. The van der Waals surface area contributed by atoms with E-state index in [1.807, 2.05) is 16.7 Å². The van der Waals surface area contributed by atoms with Gasteiger partial charge < -0.3 is 25.4 Å². The minimum atomic E-state index is -4.22. The Morgan fingerprint density at radius 2 is 2.17 bits per heavy atom. The molecule has 1 atom stereocenters. The molecule has 5 N–H and O–H groups in total. The number of alkyl halides is 1. The highest BCUT2D eigenvalue weighted by Gasteiger charge is 2.23. The summed E-state index contributed by atoms with van der Waals surface area (Å²) in [6, 6.07) is 7.29. The summed E-state index contributed by atoms with van der Waals surface area (Å²) in [6.07, 6.45) is 3.03. The van der Waals surface area contributed by atoms with Crippen molar-refractivity contribution in [1.29, 1.82) is 0 Å². The fourth-order valence-corrected chi connectivity index (χ4v) is 2.99. The van der Waals surface area contributed by atoms with E-state index in [1.54, 1.807) is 18.5 Å². The minimum absolute atomic E-state index is 0.207. The molecule has 24 heavy (non-hydrogen) atoms. The first-order valence-corrected chi connectivity index (χ1v) is 9.07. The van der Waals surface area contributed by atoms with Gasteiger partial charge in [-0.3, -0.25) is 4.57 Å². The van der Waals surface area contributed by atoms with Gasteiger partial charge in [-0.25, -0.2) is 9.98 Å². The van der Waals surface area contributed by atoms with Gasteiger partial charge in [0.25, 0.3) is 0 Å². The summed E-state index contributed by atoms with van der Waals surface area (Å²) in [6.45, 7) is 0.424. The van der Waals surface area contributed by atoms with E-state index in [-0.39, 0.29) is 5.96 Å². The summed E-state index contributed by atoms with van der Waals surface area (Å²) in [5.74, 6) is 1.74. The maximum atomic E-state index is 11.0. The van der Waals surface area contributed by atoms with Gasteiger partial charge in [0.05, 0.1) is 12.9 Å². The summed E-state index contributed by atoms with van der Waals surface area (Å²) >= 11 is 6.11. The Morgan fingerprint density at radius 1 is 1.42 bits per heavy atom. The van der Waals surface area contributed by atoms with Crippen LogP contribution < -0.4 is 11.1 Å². The van der Waals surface area contributed by atoms with E-state index in [9.17, 15) is 4.57 Å². The van der Waals surface area contributed by atoms with E-state index in [0.29, 0.717) is 23.6 Å². The van der Waals surface area contributed by atoms with E-state index in [1.165, 1.54) is 6.08 Å². The average Bonchev–Trinajstić information content (AvgIpc) is 2.89. The quantitative estimate of drug-likeness (QED) is 0.372. The Bertz CT molecular complexity index is 873. The molecule has 2 aromatic rings. The van der Waals surface area contributed by atoms with Gasteiger partial charge in [-0.2, -0.15) is 0 Å². The number of halogens is 1. The van der Waals surface area contributed by atoms with Gasteiger partial charge in [0.2, 0.25) is 0 Å². The molecule has 3 rings (SSSR count). The second-order valence-electron chi connectivity index (χ2n) is 5.19. The molecule has 1 aromatic carbocycles. The van der Waals surface area contributed by atoms with Crippen LogP contribution in [0.15, 0.2) is 41.4 Å². The van der Waals surface area contributed by atoms with Gasteiger partial charge in [0.15, 0.2) is 11.5 Å². The fourth-order valence-electron chi connectivity index (χ4n) is 2.37. The molecule has 0 saturated carbocycles.